The molecule has 0 saturated carbocycles. The normalized spacial score (nSPS) is 14.9. The van der Waals surface area contributed by atoms with Crippen LogP contribution in [-0.4, -0.2) is 45.9 Å². The number of aryl methyl sites for hydroxylation is 1. The van der Waals surface area contributed by atoms with Crippen molar-refractivity contribution >= 4 is 22.8 Å². The van der Waals surface area contributed by atoms with Crippen molar-refractivity contribution in [3.8, 4) is 0 Å². The minimum absolute atomic E-state index is 0.150. The maximum absolute atomic E-state index is 12.9. The van der Waals surface area contributed by atoms with E-state index in [1.807, 2.05) is 33.7 Å². The van der Waals surface area contributed by atoms with Crippen LogP contribution >= 0.6 is 0 Å². The number of nitrogens with zero attached hydrogens (tertiary/aromatic N) is 3. The van der Waals surface area contributed by atoms with Gasteiger partial charge in [-0.3, -0.25) is 9.59 Å². The van der Waals surface area contributed by atoms with E-state index in [9.17, 15) is 9.59 Å². The Bertz CT molecular complexity index is 1000. The molecule has 0 atom stereocenters. The van der Waals surface area contributed by atoms with Gasteiger partial charge < -0.3 is 19.2 Å². The van der Waals surface area contributed by atoms with Gasteiger partial charge in [0.15, 0.2) is 5.76 Å². The predicted octanol–water partition coefficient (Wildman–Crippen LogP) is 3.25. The molecule has 3 heterocycles. The van der Waals surface area contributed by atoms with Crippen molar-refractivity contribution in [2.24, 2.45) is 5.92 Å². The number of amides is 2. The number of likely N-dealkylation sites (tertiary alicyclic amines) is 1. The largest absolute Gasteiger partial charge is 0.459 e. The number of nitrogens with one attached hydrogen (secondary N) is 1. The smallest absolute Gasteiger partial charge is 0.286 e. The average molecular weight is 409 g/mol. The Hall–Kier alpha value is -3.09. The second-order valence-corrected chi connectivity index (χ2v) is 8.00. The second kappa shape index (κ2) is 9.15. The van der Waals surface area contributed by atoms with Gasteiger partial charge >= 0.3 is 0 Å². The molecule has 0 unspecified atom stereocenters. The van der Waals surface area contributed by atoms with Gasteiger partial charge in [0, 0.05) is 26.1 Å². The highest BCUT2D eigenvalue weighted by molar-refractivity contribution is 5.91. The fraction of sp³-hybridized carbons (Fsp3) is 0.435. The first kappa shape index (κ1) is 20.2. The molecule has 7 heteroatoms. The quantitative estimate of drug-likeness (QED) is 0.609. The Morgan fingerprint density at radius 1 is 1.17 bits per heavy atom. The molecule has 2 aromatic heterocycles. The third-order valence-corrected chi connectivity index (χ3v) is 5.77. The summed E-state index contributed by atoms with van der Waals surface area (Å²) in [5.41, 5.74) is 1.87. The minimum atomic E-state index is -0.219. The molecular weight excluding hydrogens is 380 g/mol. The third-order valence-electron chi connectivity index (χ3n) is 5.77. The number of aromatic nitrogens is 2. The summed E-state index contributed by atoms with van der Waals surface area (Å²) < 4.78 is 7.14. The van der Waals surface area contributed by atoms with Crippen molar-refractivity contribution in [2.75, 3.05) is 19.6 Å². The van der Waals surface area contributed by atoms with Crippen molar-refractivity contribution in [1.82, 2.24) is 19.8 Å². The summed E-state index contributed by atoms with van der Waals surface area (Å²) in [5.74, 6) is 1.81. The molecule has 0 bridgehead atoms. The molecule has 0 radical (unpaired) electrons. The van der Waals surface area contributed by atoms with Crippen molar-refractivity contribution in [2.45, 2.75) is 39.2 Å². The highest BCUT2D eigenvalue weighted by Gasteiger charge is 2.22. The van der Waals surface area contributed by atoms with E-state index in [-0.39, 0.29) is 11.8 Å². The van der Waals surface area contributed by atoms with E-state index >= 15 is 0 Å². The van der Waals surface area contributed by atoms with E-state index < -0.39 is 0 Å². The summed E-state index contributed by atoms with van der Waals surface area (Å²) in [6.07, 6.45) is 5.02. The molecule has 0 spiro atoms. The van der Waals surface area contributed by atoms with Gasteiger partial charge in [0.25, 0.3) is 5.91 Å². The van der Waals surface area contributed by atoms with Crippen LogP contribution in [0.1, 0.15) is 42.6 Å². The fourth-order valence-corrected chi connectivity index (χ4v) is 3.93. The van der Waals surface area contributed by atoms with E-state index in [1.54, 1.807) is 12.1 Å². The highest BCUT2D eigenvalue weighted by atomic mass is 16.3. The van der Waals surface area contributed by atoms with Crippen LogP contribution < -0.4 is 5.32 Å². The van der Waals surface area contributed by atoms with Crippen LogP contribution in [0.25, 0.3) is 11.0 Å². The molecule has 1 aliphatic heterocycles. The van der Waals surface area contributed by atoms with Crippen molar-refractivity contribution in [3.63, 3.8) is 0 Å². The Morgan fingerprint density at radius 3 is 2.73 bits per heavy atom. The van der Waals surface area contributed by atoms with Gasteiger partial charge in [0.2, 0.25) is 5.91 Å². The summed E-state index contributed by atoms with van der Waals surface area (Å²) >= 11 is 0. The maximum atomic E-state index is 12.9. The van der Waals surface area contributed by atoms with Crippen LogP contribution in [0.3, 0.4) is 0 Å². The number of benzene rings is 1. The van der Waals surface area contributed by atoms with Crippen molar-refractivity contribution in [3.05, 3.63) is 54.2 Å². The first-order valence-corrected chi connectivity index (χ1v) is 10.7. The van der Waals surface area contributed by atoms with Crippen LogP contribution in [0.15, 0.2) is 47.1 Å². The summed E-state index contributed by atoms with van der Waals surface area (Å²) in [5, 5.41) is 2.86. The minimum Gasteiger partial charge on any atom is -0.459 e. The van der Waals surface area contributed by atoms with Gasteiger partial charge in [-0.25, -0.2) is 4.98 Å². The third kappa shape index (κ3) is 4.56. The van der Waals surface area contributed by atoms with Gasteiger partial charge in [0.1, 0.15) is 12.4 Å². The molecule has 2 amide bonds. The molecular formula is C23H28N4O3. The Kier molecular flexibility index (Phi) is 6.16. The lowest BCUT2D eigenvalue weighted by Crippen LogP contribution is -2.40. The number of hydrogen-bond acceptors (Lipinski definition) is 4. The number of rotatable bonds is 7. The molecule has 1 aromatic carbocycles. The summed E-state index contributed by atoms with van der Waals surface area (Å²) in [6, 6.07) is 11.2. The van der Waals surface area contributed by atoms with E-state index in [2.05, 4.69) is 12.2 Å². The molecule has 1 fully saturated rings. The SMILES string of the molecule is CC1CCN(C(=O)Cn2c(CCCNC(=O)c3ccco3)nc3ccccc32)CC1. The number of imidazole rings is 1. The number of fused-ring (bicyclic) bond motifs is 1. The molecule has 1 aliphatic rings. The van der Waals surface area contributed by atoms with E-state index in [0.29, 0.717) is 31.2 Å². The number of carbonyl (C=O) groups excluding carboxylic acids is 2. The highest BCUT2D eigenvalue weighted by Crippen LogP contribution is 2.20. The van der Waals surface area contributed by atoms with Crippen LogP contribution in [0.5, 0.6) is 0 Å². The first-order chi connectivity index (χ1) is 14.6. The van der Waals surface area contributed by atoms with E-state index in [4.69, 9.17) is 9.40 Å². The van der Waals surface area contributed by atoms with Gasteiger partial charge in [-0.2, -0.15) is 0 Å². The number of piperidine rings is 1. The van der Waals surface area contributed by atoms with Crippen molar-refractivity contribution in [1.29, 1.82) is 0 Å². The Morgan fingerprint density at radius 2 is 1.97 bits per heavy atom. The molecule has 1 N–H and O–H groups in total. The summed E-state index contributed by atoms with van der Waals surface area (Å²) in [6.45, 7) is 4.74. The average Bonchev–Trinajstić information content (AvgIpc) is 3.40. The standard InChI is InChI=1S/C23H28N4O3/c1-17-10-13-26(14-11-17)22(28)16-27-19-7-3-2-6-18(19)25-21(27)9-4-12-24-23(29)20-8-5-15-30-20/h2-3,5-8,15,17H,4,9-14,16H2,1H3,(H,24,29). The Balaban J connectivity index is 1.41. The molecule has 0 aliphatic carbocycles. The van der Waals surface area contributed by atoms with Crippen LogP contribution in [-0.2, 0) is 17.8 Å². The van der Waals surface area contributed by atoms with Crippen LogP contribution in [0.2, 0.25) is 0 Å². The predicted molar refractivity (Wildman–Crippen MR) is 114 cm³/mol. The molecule has 158 valence electrons. The van der Waals surface area contributed by atoms with Gasteiger partial charge in [-0.1, -0.05) is 19.1 Å². The number of carbonyl (C=O) groups is 2. The van der Waals surface area contributed by atoms with Crippen molar-refractivity contribution < 1.29 is 14.0 Å². The lowest BCUT2D eigenvalue weighted by atomic mass is 9.99. The summed E-state index contributed by atoms with van der Waals surface area (Å²) in [7, 11) is 0. The molecule has 7 nitrogen and oxygen atoms in total. The molecule has 3 aromatic rings. The van der Waals surface area contributed by atoms with Gasteiger partial charge in [0.05, 0.1) is 17.3 Å². The zero-order valence-corrected chi connectivity index (χ0v) is 17.3. The zero-order chi connectivity index (χ0) is 20.9. The van der Waals surface area contributed by atoms with Crippen LogP contribution in [0, 0.1) is 5.92 Å². The lowest BCUT2D eigenvalue weighted by molar-refractivity contribution is -0.133. The van der Waals surface area contributed by atoms with Crippen LogP contribution in [0.4, 0.5) is 0 Å². The number of furan rings is 1. The monoisotopic (exact) mass is 408 g/mol. The van der Waals surface area contributed by atoms with Gasteiger partial charge in [-0.05, 0) is 49.4 Å². The topological polar surface area (TPSA) is 80.4 Å². The maximum Gasteiger partial charge on any atom is 0.286 e. The first-order valence-electron chi connectivity index (χ1n) is 10.7. The van der Waals surface area contributed by atoms with Gasteiger partial charge in [-0.15, -0.1) is 0 Å². The lowest BCUT2D eigenvalue weighted by Gasteiger charge is -2.30. The number of para-hydroxylation sites is 2. The molecule has 1 saturated heterocycles. The van der Waals surface area contributed by atoms with E-state index in [0.717, 1.165) is 49.2 Å². The van der Waals surface area contributed by atoms with E-state index in [1.165, 1.54) is 6.26 Å². The zero-order valence-electron chi connectivity index (χ0n) is 17.3. The molecule has 4 rings (SSSR count). The summed E-state index contributed by atoms with van der Waals surface area (Å²) in [4.78, 5) is 31.6. The second-order valence-electron chi connectivity index (χ2n) is 8.00. The Labute approximate surface area is 176 Å². The number of hydrogen-bond donors (Lipinski definition) is 1. The molecule has 30 heavy (non-hydrogen) atoms. The fourth-order valence-electron chi connectivity index (χ4n) is 3.93.